The zero-order valence-corrected chi connectivity index (χ0v) is 15.0. The molecule has 1 unspecified atom stereocenters. The molecule has 1 amide bonds. The SMILES string of the molecule is O=C(NCC1Cc2ccccc2CN1)c1cn[nH]c1-c1ccc(Cl)s1. The number of nitrogens with zero attached hydrogens (tertiary/aromatic N) is 1. The molecular formula is C18H17ClN4OS. The Bertz CT molecular complexity index is 904. The van der Waals surface area contributed by atoms with E-state index in [-0.39, 0.29) is 11.9 Å². The summed E-state index contributed by atoms with van der Waals surface area (Å²) in [6.45, 7) is 1.41. The van der Waals surface area contributed by atoms with Gasteiger partial charge >= 0.3 is 0 Å². The van der Waals surface area contributed by atoms with Crippen molar-refractivity contribution in [3.63, 3.8) is 0 Å². The summed E-state index contributed by atoms with van der Waals surface area (Å²) in [5, 5.41) is 13.4. The number of thiophene rings is 1. The van der Waals surface area contributed by atoms with E-state index < -0.39 is 0 Å². The van der Waals surface area contributed by atoms with Crippen molar-refractivity contribution in [2.24, 2.45) is 0 Å². The van der Waals surface area contributed by atoms with Crippen molar-refractivity contribution in [3.05, 3.63) is 63.6 Å². The van der Waals surface area contributed by atoms with Gasteiger partial charge < -0.3 is 10.6 Å². The van der Waals surface area contributed by atoms with Gasteiger partial charge in [-0.3, -0.25) is 9.89 Å². The number of amides is 1. The van der Waals surface area contributed by atoms with Crippen molar-refractivity contribution in [1.82, 2.24) is 20.8 Å². The Morgan fingerprint density at radius 1 is 1.28 bits per heavy atom. The van der Waals surface area contributed by atoms with Gasteiger partial charge in [0.05, 0.1) is 26.7 Å². The van der Waals surface area contributed by atoms with Crippen LogP contribution < -0.4 is 10.6 Å². The molecule has 0 saturated heterocycles. The van der Waals surface area contributed by atoms with Gasteiger partial charge in [0.15, 0.2) is 0 Å². The Labute approximate surface area is 154 Å². The molecule has 3 heterocycles. The Morgan fingerprint density at radius 2 is 2.12 bits per heavy atom. The van der Waals surface area contributed by atoms with Gasteiger partial charge in [-0.1, -0.05) is 35.9 Å². The maximum absolute atomic E-state index is 12.6. The number of nitrogens with one attached hydrogen (secondary N) is 3. The van der Waals surface area contributed by atoms with Crippen LogP contribution >= 0.6 is 22.9 Å². The Balaban J connectivity index is 1.41. The first-order valence-electron chi connectivity index (χ1n) is 8.08. The van der Waals surface area contributed by atoms with Crippen LogP contribution in [0, 0.1) is 0 Å². The summed E-state index contributed by atoms with van der Waals surface area (Å²) >= 11 is 7.41. The molecule has 0 aliphatic carbocycles. The van der Waals surface area contributed by atoms with Crippen LogP contribution in [0.2, 0.25) is 4.34 Å². The van der Waals surface area contributed by atoms with Crippen LogP contribution in [0.25, 0.3) is 10.6 Å². The molecule has 3 N–H and O–H groups in total. The number of benzene rings is 1. The zero-order valence-electron chi connectivity index (χ0n) is 13.4. The van der Waals surface area contributed by atoms with Crippen LogP contribution in [-0.2, 0) is 13.0 Å². The molecule has 0 bridgehead atoms. The largest absolute Gasteiger partial charge is 0.350 e. The minimum atomic E-state index is -0.131. The molecule has 0 radical (unpaired) electrons. The van der Waals surface area contributed by atoms with Gasteiger partial charge in [0.1, 0.15) is 0 Å². The summed E-state index contributed by atoms with van der Waals surface area (Å²) in [5.74, 6) is -0.131. The monoisotopic (exact) mass is 372 g/mol. The molecule has 1 atom stereocenters. The van der Waals surface area contributed by atoms with E-state index in [1.807, 2.05) is 12.1 Å². The molecule has 1 aliphatic rings. The highest BCUT2D eigenvalue weighted by atomic mass is 35.5. The second kappa shape index (κ2) is 7.00. The third kappa shape index (κ3) is 3.46. The number of carbonyl (C=O) groups is 1. The van der Waals surface area contributed by atoms with Crippen LogP contribution in [0.1, 0.15) is 21.5 Å². The maximum atomic E-state index is 12.6. The lowest BCUT2D eigenvalue weighted by molar-refractivity contribution is 0.0949. The van der Waals surface area contributed by atoms with Crippen molar-refractivity contribution < 1.29 is 4.79 Å². The number of H-pyrrole nitrogens is 1. The first-order chi connectivity index (χ1) is 12.2. The number of rotatable bonds is 4. The highest BCUT2D eigenvalue weighted by Gasteiger charge is 2.20. The molecule has 4 rings (SSSR count). The fraction of sp³-hybridized carbons (Fsp3) is 0.222. The topological polar surface area (TPSA) is 69.8 Å². The lowest BCUT2D eigenvalue weighted by Gasteiger charge is -2.26. The summed E-state index contributed by atoms with van der Waals surface area (Å²) in [6.07, 6.45) is 2.47. The molecule has 5 nitrogen and oxygen atoms in total. The summed E-state index contributed by atoms with van der Waals surface area (Å²) in [6, 6.07) is 12.3. The first kappa shape index (κ1) is 16.3. The van der Waals surface area contributed by atoms with Crippen molar-refractivity contribution in [1.29, 1.82) is 0 Å². The predicted octanol–water partition coefficient (Wildman–Crippen LogP) is 3.24. The Morgan fingerprint density at radius 3 is 2.92 bits per heavy atom. The minimum absolute atomic E-state index is 0.131. The predicted molar refractivity (Wildman–Crippen MR) is 100 cm³/mol. The summed E-state index contributed by atoms with van der Waals surface area (Å²) in [5.41, 5.74) is 3.92. The van der Waals surface area contributed by atoms with E-state index in [9.17, 15) is 4.79 Å². The number of carbonyl (C=O) groups excluding carboxylic acids is 1. The molecule has 0 spiro atoms. The van der Waals surface area contributed by atoms with Gasteiger partial charge in [-0.05, 0) is 29.7 Å². The van der Waals surface area contributed by atoms with Crippen LogP contribution in [0.3, 0.4) is 0 Å². The quantitative estimate of drug-likeness (QED) is 0.658. The highest BCUT2D eigenvalue weighted by Crippen LogP contribution is 2.31. The van der Waals surface area contributed by atoms with Crippen LogP contribution in [0.5, 0.6) is 0 Å². The average Bonchev–Trinajstić information content (AvgIpc) is 3.28. The molecule has 2 aromatic heterocycles. The molecule has 0 fully saturated rings. The second-order valence-corrected chi connectivity index (χ2v) is 7.74. The standard InChI is InChI=1S/C18H17ClN4OS/c19-16-6-5-15(25-16)17-14(10-22-23-17)18(24)21-9-13-7-11-3-1-2-4-12(11)8-20-13/h1-6,10,13,20H,7-9H2,(H,21,24)(H,22,23). The number of halogens is 1. The molecular weight excluding hydrogens is 356 g/mol. The summed E-state index contributed by atoms with van der Waals surface area (Å²) < 4.78 is 0.682. The smallest absolute Gasteiger partial charge is 0.255 e. The lowest BCUT2D eigenvalue weighted by Crippen LogP contribution is -2.44. The Kier molecular flexibility index (Phi) is 4.57. The molecule has 128 valence electrons. The molecule has 25 heavy (non-hydrogen) atoms. The van der Waals surface area contributed by atoms with Crippen molar-refractivity contribution in [2.45, 2.75) is 19.0 Å². The fourth-order valence-electron chi connectivity index (χ4n) is 3.07. The number of aromatic nitrogens is 2. The first-order valence-corrected chi connectivity index (χ1v) is 9.27. The van der Waals surface area contributed by atoms with E-state index in [1.54, 1.807) is 6.20 Å². The van der Waals surface area contributed by atoms with E-state index in [2.05, 4.69) is 45.1 Å². The Hall–Kier alpha value is -2.15. The number of aromatic amines is 1. The lowest BCUT2D eigenvalue weighted by atomic mass is 9.96. The average molecular weight is 373 g/mol. The number of fused-ring (bicyclic) bond motifs is 1. The molecule has 7 heteroatoms. The van der Waals surface area contributed by atoms with Gasteiger partial charge in [0.25, 0.3) is 5.91 Å². The molecule has 3 aromatic rings. The number of hydrogen-bond donors (Lipinski definition) is 3. The van der Waals surface area contributed by atoms with Gasteiger partial charge in [-0.25, -0.2) is 0 Å². The zero-order chi connectivity index (χ0) is 17.2. The number of hydrogen-bond acceptors (Lipinski definition) is 4. The fourth-order valence-corrected chi connectivity index (χ4v) is 4.12. The normalized spacial score (nSPS) is 16.4. The van der Waals surface area contributed by atoms with E-state index >= 15 is 0 Å². The van der Waals surface area contributed by atoms with E-state index in [4.69, 9.17) is 11.6 Å². The van der Waals surface area contributed by atoms with Crippen LogP contribution in [0.15, 0.2) is 42.6 Å². The van der Waals surface area contributed by atoms with E-state index in [0.717, 1.165) is 17.8 Å². The minimum Gasteiger partial charge on any atom is -0.350 e. The van der Waals surface area contributed by atoms with Gasteiger partial charge in [0, 0.05) is 19.1 Å². The van der Waals surface area contributed by atoms with Gasteiger partial charge in [-0.2, -0.15) is 5.10 Å². The van der Waals surface area contributed by atoms with Crippen molar-refractivity contribution in [3.8, 4) is 10.6 Å². The summed E-state index contributed by atoms with van der Waals surface area (Å²) in [4.78, 5) is 13.5. The van der Waals surface area contributed by atoms with Gasteiger partial charge in [0.2, 0.25) is 0 Å². The maximum Gasteiger partial charge on any atom is 0.255 e. The highest BCUT2D eigenvalue weighted by molar-refractivity contribution is 7.19. The van der Waals surface area contributed by atoms with Gasteiger partial charge in [-0.15, -0.1) is 11.3 Å². The van der Waals surface area contributed by atoms with Crippen molar-refractivity contribution >= 4 is 28.8 Å². The molecule has 1 aromatic carbocycles. The van der Waals surface area contributed by atoms with E-state index in [0.29, 0.717) is 22.1 Å². The third-order valence-corrected chi connectivity index (χ3v) is 5.63. The van der Waals surface area contributed by atoms with Crippen LogP contribution in [-0.4, -0.2) is 28.7 Å². The van der Waals surface area contributed by atoms with E-state index in [1.165, 1.54) is 22.5 Å². The molecule has 1 aliphatic heterocycles. The van der Waals surface area contributed by atoms with Crippen LogP contribution in [0.4, 0.5) is 0 Å². The van der Waals surface area contributed by atoms with Crippen molar-refractivity contribution in [2.75, 3.05) is 6.54 Å². The third-order valence-electron chi connectivity index (χ3n) is 4.38. The summed E-state index contributed by atoms with van der Waals surface area (Å²) in [7, 11) is 0. The second-order valence-electron chi connectivity index (χ2n) is 6.02. The molecule has 0 saturated carbocycles.